The molecular weight excluding hydrogens is 547 g/mol. The summed E-state index contributed by atoms with van der Waals surface area (Å²) in [7, 11) is 3.21. The van der Waals surface area contributed by atoms with Gasteiger partial charge in [-0.25, -0.2) is 9.18 Å². The van der Waals surface area contributed by atoms with Crippen LogP contribution in [-0.4, -0.2) is 56.4 Å². The number of halogens is 1. The summed E-state index contributed by atoms with van der Waals surface area (Å²) in [5.41, 5.74) is 2.34. The standard InChI is InChI=1S/C29H23FN6O6/c1-35(2)28(39)19-14-16(10-11-31-19)17-4-3-5-18(25(17)30)26-33-24(42-34-26)13-15-6-8-22-21(12-15)36(29(40)41-22)20-7-9-23(37)32-27(20)38/h3-6,8,10-12,14,20H,7,9,13H2,1-2H3,(H,32,37,38). The molecule has 0 aliphatic carbocycles. The molecule has 212 valence electrons. The average molecular weight is 571 g/mol. The number of nitrogens with one attached hydrogen (secondary N) is 1. The van der Waals surface area contributed by atoms with Crippen LogP contribution in [0.2, 0.25) is 0 Å². The molecule has 42 heavy (non-hydrogen) atoms. The van der Waals surface area contributed by atoms with Crippen LogP contribution in [0.3, 0.4) is 0 Å². The minimum atomic E-state index is -0.880. The Morgan fingerprint density at radius 1 is 1.12 bits per heavy atom. The molecule has 0 bridgehead atoms. The van der Waals surface area contributed by atoms with Crippen LogP contribution < -0.4 is 11.1 Å². The quantitative estimate of drug-likeness (QED) is 0.303. The number of pyridine rings is 1. The Morgan fingerprint density at radius 2 is 1.93 bits per heavy atom. The number of imide groups is 1. The third kappa shape index (κ3) is 4.85. The largest absolute Gasteiger partial charge is 0.420 e. The smallest absolute Gasteiger partial charge is 0.408 e. The number of carbonyl (C=O) groups is 3. The van der Waals surface area contributed by atoms with E-state index in [0.717, 1.165) is 0 Å². The number of hydrogen-bond donors (Lipinski definition) is 1. The molecule has 2 aromatic carbocycles. The van der Waals surface area contributed by atoms with Gasteiger partial charge in [0.1, 0.15) is 17.6 Å². The molecule has 5 aromatic rings. The van der Waals surface area contributed by atoms with E-state index in [9.17, 15) is 19.2 Å². The van der Waals surface area contributed by atoms with Gasteiger partial charge in [0.2, 0.25) is 23.5 Å². The van der Waals surface area contributed by atoms with Crippen molar-refractivity contribution in [3.8, 4) is 22.5 Å². The summed E-state index contributed by atoms with van der Waals surface area (Å²) in [6, 6.07) is 12.0. The van der Waals surface area contributed by atoms with Gasteiger partial charge in [-0.1, -0.05) is 23.4 Å². The van der Waals surface area contributed by atoms with E-state index in [1.807, 2.05) is 0 Å². The molecule has 3 aromatic heterocycles. The molecule has 1 N–H and O–H groups in total. The van der Waals surface area contributed by atoms with E-state index in [4.69, 9.17) is 8.94 Å². The van der Waals surface area contributed by atoms with Crippen LogP contribution in [-0.2, 0) is 16.0 Å². The molecule has 1 atom stereocenters. The molecule has 6 rings (SSSR count). The SMILES string of the molecule is CN(C)C(=O)c1cc(-c2cccc(-c3noc(Cc4ccc5oc(=O)n(C6CCC(=O)NC6=O)c5c4)n3)c2F)ccn1. The Balaban J connectivity index is 1.28. The molecule has 1 aliphatic heterocycles. The van der Waals surface area contributed by atoms with E-state index in [-0.39, 0.29) is 59.3 Å². The van der Waals surface area contributed by atoms with Crippen LogP contribution >= 0.6 is 0 Å². The minimum Gasteiger partial charge on any atom is -0.408 e. The van der Waals surface area contributed by atoms with Crippen molar-refractivity contribution in [1.82, 2.24) is 29.9 Å². The lowest BCUT2D eigenvalue weighted by atomic mass is 10.0. The second-order valence-corrected chi connectivity index (χ2v) is 9.99. The van der Waals surface area contributed by atoms with Crippen molar-refractivity contribution in [2.75, 3.05) is 14.1 Å². The van der Waals surface area contributed by atoms with Crippen LogP contribution in [0.25, 0.3) is 33.6 Å². The highest BCUT2D eigenvalue weighted by molar-refractivity contribution is 6.00. The highest BCUT2D eigenvalue weighted by Gasteiger charge is 2.31. The molecule has 0 spiro atoms. The molecule has 3 amide bonds. The van der Waals surface area contributed by atoms with Gasteiger partial charge in [0.25, 0.3) is 5.91 Å². The first-order chi connectivity index (χ1) is 20.2. The van der Waals surface area contributed by atoms with Gasteiger partial charge in [0.05, 0.1) is 17.5 Å². The van der Waals surface area contributed by atoms with Crippen LogP contribution in [0.5, 0.6) is 0 Å². The van der Waals surface area contributed by atoms with Gasteiger partial charge in [0.15, 0.2) is 5.58 Å². The van der Waals surface area contributed by atoms with Gasteiger partial charge in [-0.2, -0.15) is 4.98 Å². The normalized spacial score (nSPS) is 15.2. The molecule has 1 aliphatic rings. The Hall–Kier alpha value is -5.46. The fourth-order valence-corrected chi connectivity index (χ4v) is 4.90. The molecule has 12 nitrogen and oxygen atoms in total. The Bertz CT molecular complexity index is 1940. The second-order valence-electron chi connectivity index (χ2n) is 9.99. The summed E-state index contributed by atoms with van der Waals surface area (Å²) in [6.45, 7) is 0. The maximum absolute atomic E-state index is 15.7. The number of carbonyl (C=O) groups excluding carboxylic acids is 3. The van der Waals surface area contributed by atoms with Crippen molar-refractivity contribution in [3.05, 3.63) is 88.2 Å². The topological polar surface area (TPSA) is 153 Å². The van der Waals surface area contributed by atoms with Crippen molar-refractivity contribution < 1.29 is 27.7 Å². The number of fused-ring (bicyclic) bond motifs is 1. The van der Waals surface area contributed by atoms with E-state index in [1.54, 1.807) is 50.5 Å². The first-order valence-electron chi connectivity index (χ1n) is 13.0. The van der Waals surface area contributed by atoms with Crippen LogP contribution in [0, 0.1) is 5.82 Å². The zero-order valence-corrected chi connectivity index (χ0v) is 22.5. The predicted molar refractivity (Wildman–Crippen MR) is 146 cm³/mol. The number of amides is 3. The fourth-order valence-electron chi connectivity index (χ4n) is 4.90. The minimum absolute atomic E-state index is 0.0350. The van der Waals surface area contributed by atoms with Crippen molar-refractivity contribution in [2.24, 2.45) is 0 Å². The molecule has 1 saturated heterocycles. The lowest BCUT2D eigenvalue weighted by Gasteiger charge is -2.21. The number of hydrogen-bond acceptors (Lipinski definition) is 9. The van der Waals surface area contributed by atoms with Crippen molar-refractivity contribution in [2.45, 2.75) is 25.3 Å². The number of rotatable bonds is 6. The van der Waals surface area contributed by atoms with Crippen molar-refractivity contribution in [3.63, 3.8) is 0 Å². The zero-order chi connectivity index (χ0) is 29.5. The third-order valence-corrected chi connectivity index (χ3v) is 6.96. The molecule has 4 heterocycles. The van der Waals surface area contributed by atoms with Gasteiger partial charge >= 0.3 is 5.76 Å². The lowest BCUT2D eigenvalue weighted by Crippen LogP contribution is -2.43. The predicted octanol–water partition coefficient (Wildman–Crippen LogP) is 3.12. The molecular formula is C29H23FN6O6. The van der Waals surface area contributed by atoms with E-state index < -0.39 is 29.4 Å². The van der Waals surface area contributed by atoms with Gasteiger partial charge in [-0.3, -0.25) is 29.3 Å². The highest BCUT2D eigenvalue weighted by Crippen LogP contribution is 2.30. The number of oxazole rings is 1. The highest BCUT2D eigenvalue weighted by atomic mass is 19.1. The molecule has 0 radical (unpaired) electrons. The Morgan fingerprint density at radius 3 is 2.71 bits per heavy atom. The lowest BCUT2D eigenvalue weighted by molar-refractivity contribution is -0.135. The Kier molecular flexibility index (Phi) is 6.69. The second kappa shape index (κ2) is 10.5. The monoisotopic (exact) mass is 570 g/mol. The summed E-state index contributed by atoms with van der Waals surface area (Å²) >= 11 is 0. The van der Waals surface area contributed by atoms with Crippen LogP contribution in [0.1, 0.15) is 40.8 Å². The fraction of sp³-hybridized carbons (Fsp3) is 0.207. The van der Waals surface area contributed by atoms with Crippen LogP contribution in [0.15, 0.2) is 68.5 Å². The zero-order valence-electron chi connectivity index (χ0n) is 22.5. The van der Waals surface area contributed by atoms with E-state index in [1.165, 1.54) is 27.8 Å². The number of nitrogens with zero attached hydrogens (tertiary/aromatic N) is 5. The maximum atomic E-state index is 15.7. The molecule has 0 saturated carbocycles. The summed E-state index contributed by atoms with van der Waals surface area (Å²) < 4.78 is 27.6. The number of piperidine rings is 1. The van der Waals surface area contributed by atoms with Crippen molar-refractivity contribution in [1.29, 1.82) is 0 Å². The van der Waals surface area contributed by atoms with E-state index in [0.29, 0.717) is 16.6 Å². The third-order valence-electron chi connectivity index (χ3n) is 6.96. The first kappa shape index (κ1) is 26.7. The number of aromatic nitrogens is 4. The van der Waals surface area contributed by atoms with Crippen molar-refractivity contribution >= 4 is 28.8 Å². The summed E-state index contributed by atoms with van der Waals surface area (Å²) in [5, 5.41) is 6.21. The summed E-state index contributed by atoms with van der Waals surface area (Å²) in [4.78, 5) is 58.7. The van der Waals surface area contributed by atoms with Gasteiger partial charge < -0.3 is 13.8 Å². The average Bonchev–Trinajstić information content (AvgIpc) is 3.56. The van der Waals surface area contributed by atoms with Crippen LogP contribution in [0.4, 0.5) is 4.39 Å². The maximum Gasteiger partial charge on any atom is 0.420 e. The Labute approximate surface area is 236 Å². The van der Waals surface area contributed by atoms with E-state index in [2.05, 4.69) is 20.4 Å². The van der Waals surface area contributed by atoms with Gasteiger partial charge in [-0.15, -0.1) is 0 Å². The van der Waals surface area contributed by atoms with Gasteiger partial charge in [0, 0.05) is 32.3 Å². The summed E-state index contributed by atoms with van der Waals surface area (Å²) in [6.07, 6.45) is 1.88. The summed E-state index contributed by atoms with van der Waals surface area (Å²) in [5.74, 6) is -2.34. The molecule has 13 heteroatoms. The number of benzene rings is 2. The molecule has 1 unspecified atom stereocenters. The molecule has 1 fully saturated rings. The first-order valence-corrected chi connectivity index (χ1v) is 13.0. The van der Waals surface area contributed by atoms with E-state index >= 15 is 4.39 Å². The van der Waals surface area contributed by atoms with Gasteiger partial charge in [-0.05, 0) is 47.9 Å².